The van der Waals surface area contributed by atoms with Crippen LogP contribution in [0.15, 0.2) is 12.3 Å². The Morgan fingerprint density at radius 3 is 2.95 bits per heavy atom. The maximum Gasteiger partial charge on any atom is 0.239 e. The summed E-state index contributed by atoms with van der Waals surface area (Å²) in [5.74, 6) is 0.699. The third-order valence-corrected chi connectivity index (χ3v) is 4.64. The van der Waals surface area contributed by atoms with Gasteiger partial charge in [-0.25, -0.2) is 0 Å². The number of H-pyrrole nitrogens is 1. The number of rotatable bonds is 3. The van der Waals surface area contributed by atoms with E-state index in [0.29, 0.717) is 19.1 Å². The first-order valence-electron chi connectivity index (χ1n) is 7.85. The van der Waals surface area contributed by atoms with Crippen LogP contribution in [0.25, 0.3) is 0 Å². The summed E-state index contributed by atoms with van der Waals surface area (Å²) in [7, 11) is 0. The van der Waals surface area contributed by atoms with Crippen LogP contribution in [-0.4, -0.2) is 71.3 Å². The Morgan fingerprint density at radius 2 is 2.24 bits per heavy atom. The fourth-order valence-corrected chi connectivity index (χ4v) is 3.31. The van der Waals surface area contributed by atoms with Gasteiger partial charge in [-0.1, -0.05) is 0 Å². The summed E-state index contributed by atoms with van der Waals surface area (Å²) in [4.78, 5) is 16.8. The lowest BCUT2D eigenvalue weighted by Crippen LogP contribution is -2.52. The fourth-order valence-electron chi connectivity index (χ4n) is 3.31. The van der Waals surface area contributed by atoms with Crippen molar-refractivity contribution < 1.29 is 9.53 Å². The van der Waals surface area contributed by atoms with E-state index < -0.39 is 0 Å². The van der Waals surface area contributed by atoms with E-state index >= 15 is 0 Å². The van der Waals surface area contributed by atoms with Gasteiger partial charge in [0.25, 0.3) is 0 Å². The van der Waals surface area contributed by atoms with E-state index in [1.807, 2.05) is 17.9 Å². The van der Waals surface area contributed by atoms with Crippen molar-refractivity contribution in [3.05, 3.63) is 18.0 Å². The van der Waals surface area contributed by atoms with E-state index in [4.69, 9.17) is 4.74 Å². The van der Waals surface area contributed by atoms with Gasteiger partial charge in [0.2, 0.25) is 5.91 Å². The Morgan fingerprint density at radius 1 is 1.43 bits per heavy atom. The average molecular weight is 292 g/mol. The second-order valence-corrected chi connectivity index (χ2v) is 5.96. The normalized spacial score (nSPS) is 25.8. The smallest absolute Gasteiger partial charge is 0.239 e. The number of amides is 1. The van der Waals surface area contributed by atoms with Crippen LogP contribution in [0.2, 0.25) is 0 Å². The van der Waals surface area contributed by atoms with Gasteiger partial charge in [0.05, 0.1) is 19.3 Å². The topological polar surface area (TPSA) is 61.5 Å². The Kier molecular flexibility index (Phi) is 4.55. The quantitative estimate of drug-likeness (QED) is 0.896. The molecule has 0 radical (unpaired) electrons. The number of carbonyl (C=O) groups is 1. The molecule has 6 heteroatoms. The van der Waals surface area contributed by atoms with Crippen molar-refractivity contribution in [2.24, 2.45) is 0 Å². The zero-order chi connectivity index (χ0) is 14.7. The molecular formula is C15H24N4O2. The lowest BCUT2D eigenvalue weighted by molar-refractivity contribution is -0.141. The number of morpholine rings is 1. The Labute approximate surface area is 125 Å². The molecule has 0 aliphatic carbocycles. The first-order chi connectivity index (χ1) is 10.3. The largest absolute Gasteiger partial charge is 0.378 e. The van der Waals surface area contributed by atoms with Crippen LogP contribution in [0.5, 0.6) is 0 Å². The van der Waals surface area contributed by atoms with Crippen molar-refractivity contribution in [3.63, 3.8) is 0 Å². The maximum absolute atomic E-state index is 12.6. The average Bonchev–Trinajstić information content (AvgIpc) is 3.09. The van der Waals surface area contributed by atoms with Crippen molar-refractivity contribution in [2.75, 3.05) is 39.4 Å². The molecule has 2 aliphatic rings. The molecule has 1 N–H and O–H groups in total. The summed E-state index contributed by atoms with van der Waals surface area (Å²) in [5.41, 5.74) is 1.19. The zero-order valence-corrected chi connectivity index (χ0v) is 12.6. The van der Waals surface area contributed by atoms with E-state index in [0.717, 1.165) is 39.0 Å². The molecule has 1 aromatic heterocycles. The monoisotopic (exact) mass is 292 g/mol. The van der Waals surface area contributed by atoms with Gasteiger partial charge in [0.1, 0.15) is 0 Å². The van der Waals surface area contributed by atoms with E-state index in [1.54, 1.807) is 6.20 Å². The number of nitrogens with zero attached hydrogens (tertiary/aromatic N) is 3. The highest BCUT2D eigenvalue weighted by molar-refractivity contribution is 5.81. The Balaban J connectivity index is 1.61. The van der Waals surface area contributed by atoms with Crippen molar-refractivity contribution in [2.45, 2.75) is 31.7 Å². The molecule has 6 nitrogen and oxygen atoms in total. The summed E-state index contributed by atoms with van der Waals surface area (Å²) in [6, 6.07) is 2.00. The summed E-state index contributed by atoms with van der Waals surface area (Å²) in [5, 5.41) is 7.11. The molecule has 21 heavy (non-hydrogen) atoms. The minimum absolute atomic E-state index is 0.0474. The lowest BCUT2D eigenvalue weighted by Gasteiger charge is -2.38. The molecule has 3 rings (SSSR count). The van der Waals surface area contributed by atoms with Gasteiger partial charge < -0.3 is 9.64 Å². The summed E-state index contributed by atoms with van der Waals surface area (Å²) in [6.45, 7) is 6.74. The van der Waals surface area contributed by atoms with Crippen LogP contribution < -0.4 is 0 Å². The maximum atomic E-state index is 12.6. The SMILES string of the molecule is C[C@H](C(=O)N1CCOCC1)N1CCC[C@@H](c2ccn[nH]2)C1. The van der Waals surface area contributed by atoms with Crippen LogP contribution in [0, 0.1) is 0 Å². The lowest BCUT2D eigenvalue weighted by atomic mass is 9.94. The van der Waals surface area contributed by atoms with Crippen molar-refractivity contribution in [1.82, 2.24) is 20.0 Å². The van der Waals surface area contributed by atoms with Crippen LogP contribution in [0.1, 0.15) is 31.4 Å². The van der Waals surface area contributed by atoms with E-state index in [1.165, 1.54) is 5.69 Å². The minimum atomic E-state index is -0.0474. The molecule has 2 saturated heterocycles. The molecule has 0 bridgehead atoms. The first-order valence-corrected chi connectivity index (χ1v) is 7.85. The predicted molar refractivity (Wildman–Crippen MR) is 79.0 cm³/mol. The molecule has 0 saturated carbocycles. The number of piperidine rings is 1. The molecule has 0 aromatic carbocycles. The van der Waals surface area contributed by atoms with Crippen LogP contribution in [0.3, 0.4) is 0 Å². The number of nitrogens with one attached hydrogen (secondary N) is 1. The number of likely N-dealkylation sites (tertiary alicyclic amines) is 1. The van der Waals surface area contributed by atoms with E-state index in [9.17, 15) is 4.79 Å². The van der Waals surface area contributed by atoms with Gasteiger partial charge in [-0.05, 0) is 32.4 Å². The van der Waals surface area contributed by atoms with Gasteiger partial charge in [-0.15, -0.1) is 0 Å². The van der Waals surface area contributed by atoms with Gasteiger partial charge in [0, 0.05) is 37.4 Å². The van der Waals surface area contributed by atoms with Crippen molar-refractivity contribution in [1.29, 1.82) is 0 Å². The van der Waals surface area contributed by atoms with Crippen LogP contribution in [-0.2, 0) is 9.53 Å². The minimum Gasteiger partial charge on any atom is -0.378 e. The molecule has 0 unspecified atom stereocenters. The second-order valence-electron chi connectivity index (χ2n) is 5.96. The van der Waals surface area contributed by atoms with Gasteiger partial charge in [-0.2, -0.15) is 5.10 Å². The van der Waals surface area contributed by atoms with Gasteiger partial charge in [-0.3, -0.25) is 14.8 Å². The molecule has 3 heterocycles. The number of aromatic amines is 1. The Hall–Kier alpha value is -1.40. The molecule has 116 valence electrons. The van der Waals surface area contributed by atoms with Crippen LogP contribution in [0.4, 0.5) is 0 Å². The molecule has 0 spiro atoms. The van der Waals surface area contributed by atoms with E-state index in [2.05, 4.69) is 15.1 Å². The highest BCUT2D eigenvalue weighted by Gasteiger charge is 2.31. The first kappa shape index (κ1) is 14.5. The highest BCUT2D eigenvalue weighted by Crippen LogP contribution is 2.26. The fraction of sp³-hybridized carbons (Fsp3) is 0.733. The van der Waals surface area contributed by atoms with E-state index in [-0.39, 0.29) is 11.9 Å². The van der Waals surface area contributed by atoms with Crippen molar-refractivity contribution >= 4 is 5.91 Å². The van der Waals surface area contributed by atoms with Gasteiger partial charge >= 0.3 is 0 Å². The summed E-state index contributed by atoms with van der Waals surface area (Å²) >= 11 is 0. The number of carbonyl (C=O) groups excluding carboxylic acids is 1. The highest BCUT2D eigenvalue weighted by atomic mass is 16.5. The number of hydrogen-bond donors (Lipinski definition) is 1. The Bertz CT molecular complexity index is 456. The molecule has 1 aromatic rings. The summed E-state index contributed by atoms with van der Waals surface area (Å²) in [6.07, 6.45) is 4.10. The summed E-state index contributed by atoms with van der Waals surface area (Å²) < 4.78 is 5.32. The third kappa shape index (κ3) is 3.27. The van der Waals surface area contributed by atoms with Gasteiger partial charge in [0.15, 0.2) is 0 Å². The number of hydrogen-bond acceptors (Lipinski definition) is 4. The van der Waals surface area contributed by atoms with Crippen LogP contribution >= 0.6 is 0 Å². The van der Waals surface area contributed by atoms with Crippen molar-refractivity contribution in [3.8, 4) is 0 Å². The number of ether oxygens (including phenoxy) is 1. The zero-order valence-electron chi connectivity index (χ0n) is 12.6. The third-order valence-electron chi connectivity index (χ3n) is 4.64. The predicted octanol–water partition coefficient (Wildman–Crippen LogP) is 0.836. The molecule has 1 amide bonds. The molecular weight excluding hydrogens is 268 g/mol. The standard InChI is InChI=1S/C15H24N4O2/c1-12(15(20)18-7-9-21-10-8-18)19-6-2-3-13(11-19)14-4-5-16-17-14/h4-5,12-13H,2-3,6-11H2,1H3,(H,16,17)/t12-,13-/m1/s1. The second kappa shape index (κ2) is 6.58. The molecule has 2 aliphatic heterocycles. The number of aromatic nitrogens is 2. The molecule has 2 fully saturated rings. The molecule has 2 atom stereocenters.